The Morgan fingerprint density at radius 3 is 2.29 bits per heavy atom. The highest BCUT2D eigenvalue weighted by atomic mass is 35.5. The normalized spacial score (nSPS) is 13.0. The number of benzene rings is 2. The van der Waals surface area contributed by atoms with Crippen LogP contribution in [0.2, 0.25) is 0 Å². The van der Waals surface area contributed by atoms with Crippen molar-refractivity contribution in [3.8, 4) is 16.9 Å². The molecule has 2 rings (SSSR count). The fourth-order valence-electron chi connectivity index (χ4n) is 2.94. The molecule has 0 radical (unpaired) electrons. The van der Waals surface area contributed by atoms with Crippen molar-refractivity contribution >= 4 is 11.6 Å². The summed E-state index contributed by atoms with van der Waals surface area (Å²) in [6.07, 6.45) is -0.193. The van der Waals surface area contributed by atoms with Crippen molar-refractivity contribution in [3.05, 3.63) is 53.3 Å². The first kappa shape index (κ1) is 18.8. The molecule has 0 fully saturated rings. The van der Waals surface area contributed by atoms with Crippen molar-refractivity contribution in [1.29, 1.82) is 0 Å². The van der Waals surface area contributed by atoms with E-state index in [0.717, 1.165) is 16.7 Å². The summed E-state index contributed by atoms with van der Waals surface area (Å²) in [4.78, 5) is 0. The van der Waals surface area contributed by atoms with Crippen LogP contribution in [0, 0.1) is 11.2 Å². The minimum atomic E-state index is -0.292. The van der Waals surface area contributed by atoms with Crippen LogP contribution >= 0.6 is 11.6 Å². The fourth-order valence-corrected chi connectivity index (χ4v) is 3.11. The molecule has 2 aromatic carbocycles. The molecule has 4 heteroatoms. The predicted molar refractivity (Wildman–Crippen MR) is 97.2 cm³/mol. The molecule has 0 aromatic heterocycles. The van der Waals surface area contributed by atoms with Gasteiger partial charge in [0.15, 0.2) is 0 Å². The van der Waals surface area contributed by atoms with E-state index < -0.39 is 0 Å². The first-order valence-electron chi connectivity index (χ1n) is 7.87. The fraction of sp³-hybridized carbons (Fsp3) is 0.400. The molecule has 1 unspecified atom stereocenters. The van der Waals surface area contributed by atoms with Gasteiger partial charge in [-0.05, 0) is 40.3 Å². The van der Waals surface area contributed by atoms with Crippen molar-refractivity contribution < 1.29 is 13.9 Å². The summed E-state index contributed by atoms with van der Waals surface area (Å²) in [6, 6.07) is 10.6. The molecule has 0 aliphatic carbocycles. The Morgan fingerprint density at radius 1 is 1.04 bits per heavy atom. The summed E-state index contributed by atoms with van der Waals surface area (Å²) in [5.74, 6) is 0.719. The Balaban J connectivity index is 2.70. The number of ether oxygens (including phenoxy) is 2. The lowest BCUT2D eigenvalue weighted by molar-refractivity contribution is 0.0155. The molecule has 0 heterocycles. The van der Waals surface area contributed by atoms with Crippen LogP contribution in [0.3, 0.4) is 0 Å². The Labute approximate surface area is 148 Å². The predicted octanol–water partition coefficient (Wildman–Crippen LogP) is 5.97. The highest BCUT2D eigenvalue weighted by molar-refractivity contribution is 6.17. The van der Waals surface area contributed by atoms with Crippen molar-refractivity contribution in [2.45, 2.75) is 32.8 Å². The largest absolute Gasteiger partial charge is 0.497 e. The second-order valence-corrected chi connectivity index (χ2v) is 7.15. The molecule has 0 spiro atoms. The molecule has 2 aromatic rings. The van der Waals surface area contributed by atoms with Gasteiger partial charge in [-0.15, -0.1) is 11.6 Å². The summed E-state index contributed by atoms with van der Waals surface area (Å²) in [5, 5.41) is 0. The Morgan fingerprint density at radius 2 is 1.75 bits per heavy atom. The van der Waals surface area contributed by atoms with Gasteiger partial charge in [0.25, 0.3) is 0 Å². The molecular formula is C20H24ClFO2. The summed E-state index contributed by atoms with van der Waals surface area (Å²) in [7, 11) is 3.25. The van der Waals surface area contributed by atoms with E-state index >= 15 is 0 Å². The molecule has 0 aliphatic rings. The van der Waals surface area contributed by atoms with Gasteiger partial charge in [-0.2, -0.15) is 0 Å². The Hall–Kier alpha value is -1.58. The molecule has 2 nitrogen and oxygen atoms in total. The van der Waals surface area contributed by atoms with Crippen molar-refractivity contribution in [3.63, 3.8) is 0 Å². The van der Waals surface area contributed by atoms with Gasteiger partial charge in [-0.3, -0.25) is 0 Å². The van der Waals surface area contributed by atoms with Crippen LogP contribution in [-0.2, 0) is 10.6 Å². The molecule has 0 aliphatic heterocycles. The maximum Gasteiger partial charge on any atom is 0.131 e. The number of halogens is 2. The van der Waals surface area contributed by atoms with Crippen LogP contribution in [0.1, 0.15) is 38.0 Å². The minimum Gasteiger partial charge on any atom is -0.497 e. The molecule has 0 saturated heterocycles. The van der Waals surface area contributed by atoms with Gasteiger partial charge in [0, 0.05) is 18.6 Å². The van der Waals surface area contributed by atoms with E-state index in [-0.39, 0.29) is 17.3 Å². The molecule has 0 N–H and O–H groups in total. The maximum absolute atomic E-state index is 14.5. The quantitative estimate of drug-likeness (QED) is 0.618. The Kier molecular flexibility index (Phi) is 5.89. The minimum absolute atomic E-state index is 0.149. The van der Waals surface area contributed by atoms with Crippen LogP contribution < -0.4 is 4.74 Å². The van der Waals surface area contributed by atoms with Crippen molar-refractivity contribution in [1.82, 2.24) is 0 Å². The van der Waals surface area contributed by atoms with Gasteiger partial charge in [-0.25, -0.2) is 4.39 Å². The van der Waals surface area contributed by atoms with Crippen molar-refractivity contribution in [2.75, 3.05) is 14.2 Å². The van der Waals surface area contributed by atoms with Crippen LogP contribution in [0.5, 0.6) is 5.75 Å². The summed E-state index contributed by atoms with van der Waals surface area (Å²) in [5.41, 5.74) is 3.04. The average Bonchev–Trinajstić information content (AvgIpc) is 2.55. The zero-order valence-electron chi connectivity index (χ0n) is 14.8. The van der Waals surface area contributed by atoms with Crippen molar-refractivity contribution in [2.24, 2.45) is 5.41 Å². The molecule has 24 heavy (non-hydrogen) atoms. The second-order valence-electron chi connectivity index (χ2n) is 6.88. The lowest BCUT2D eigenvalue weighted by Crippen LogP contribution is -2.21. The van der Waals surface area contributed by atoms with E-state index in [1.807, 2.05) is 18.2 Å². The average molecular weight is 351 g/mol. The third-order valence-electron chi connectivity index (χ3n) is 4.04. The number of alkyl halides is 1. The smallest absolute Gasteiger partial charge is 0.131 e. The monoisotopic (exact) mass is 350 g/mol. The molecular weight excluding hydrogens is 327 g/mol. The highest BCUT2D eigenvalue weighted by Crippen LogP contribution is 2.42. The first-order chi connectivity index (χ1) is 11.3. The molecule has 0 saturated carbocycles. The van der Waals surface area contributed by atoms with E-state index in [4.69, 9.17) is 21.1 Å². The molecule has 1 atom stereocenters. The van der Waals surface area contributed by atoms with E-state index in [0.29, 0.717) is 17.2 Å². The van der Waals surface area contributed by atoms with E-state index in [1.54, 1.807) is 26.4 Å². The van der Waals surface area contributed by atoms with Crippen LogP contribution in [-0.4, -0.2) is 14.2 Å². The van der Waals surface area contributed by atoms with E-state index in [9.17, 15) is 4.39 Å². The van der Waals surface area contributed by atoms with Crippen LogP contribution in [0.4, 0.5) is 4.39 Å². The zero-order valence-corrected chi connectivity index (χ0v) is 15.6. The molecule has 0 bridgehead atoms. The lowest BCUT2D eigenvalue weighted by Gasteiger charge is -2.31. The van der Waals surface area contributed by atoms with Crippen LogP contribution in [0.25, 0.3) is 11.1 Å². The Bertz CT molecular complexity index is 707. The first-order valence-corrected chi connectivity index (χ1v) is 8.40. The van der Waals surface area contributed by atoms with Gasteiger partial charge in [0.2, 0.25) is 0 Å². The number of methoxy groups -OCH3 is 2. The van der Waals surface area contributed by atoms with Gasteiger partial charge in [-0.1, -0.05) is 39.0 Å². The standard InChI is InChI=1S/C20H24ClFO2/c1-20(2,3)19(24-5)17-10-13(12-21)6-8-15(17)16-11-14(23-4)7-9-18(16)22/h6-11,19H,12H2,1-5H3. The third-order valence-corrected chi connectivity index (χ3v) is 4.35. The van der Waals surface area contributed by atoms with Gasteiger partial charge >= 0.3 is 0 Å². The lowest BCUT2D eigenvalue weighted by atomic mass is 9.81. The third kappa shape index (κ3) is 3.90. The molecule has 130 valence electrons. The summed E-state index contributed by atoms with van der Waals surface area (Å²) < 4.78 is 25.5. The van der Waals surface area contributed by atoms with E-state index in [2.05, 4.69) is 20.8 Å². The van der Waals surface area contributed by atoms with Gasteiger partial charge in [0.05, 0.1) is 13.2 Å². The van der Waals surface area contributed by atoms with Gasteiger partial charge < -0.3 is 9.47 Å². The number of hydrogen-bond acceptors (Lipinski definition) is 2. The SMILES string of the molecule is COc1ccc(F)c(-c2ccc(CCl)cc2C(OC)C(C)(C)C)c1. The summed E-state index contributed by atoms with van der Waals surface area (Å²) in [6.45, 7) is 6.29. The second kappa shape index (κ2) is 7.54. The van der Waals surface area contributed by atoms with Gasteiger partial charge in [0.1, 0.15) is 11.6 Å². The van der Waals surface area contributed by atoms with E-state index in [1.165, 1.54) is 6.07 Å². The number of rotatable bonds is 5. The summed E-state index contributed by atoms with van der Waals surface area (Å²) >= 11 is 6.00. The zero-order chi connectivity index (χ0) is 17.9. The topological polar surface area (TPSA) is 18.5 Å². The maximum atomic E-state index is 14.5. The number of hydrogen-bond donors (Lipinski definition) is 0. The van der Waals surface area contributed by atoms with Crippen LogP contribution in [0.15, 0.2) is 36.4 Å². The highest BCUT2D eigenvalue weighted by Gasteiger charge is 2.29. The molecule has 0 amide bonds.